The van der Waals surface area contributed by atoms with Crippen molar-refractivity contribution >= 4 is 5.91 Å². The maximum absolute atomic E-state index is 13.4. The molecule has 0 aromatic heterocycles. The van der Waals surface area contributed by atoms with Crippen molar-refractivity contribution < 1.29 is 4.79 Å². The van der Waals surface area contributed by atoms with E-state index in [1.54, 1.807) is 0 Å². The molecule has 1 heterocycles. The molecule has 21 heavy (non-hydrogen) atoms. The number of likely N-dealkylation sites (N-methyl/N-ethyl adjacent to an activating group) is 1. The van der Waals surface area contributed by atoms with E-state index in [0.717, 1.165) is 37.4 Å². The summed E-state index contributed by atoms with van der Waals surface area (Å²) in [5.41, 5.74) is 5.96. The quantitative estimate of drug-likeness (QED) is 0.834. The SMILES string of the molecule is CN1CCN(C(=O)C23CC4CC(CC(C4)C2)C3)C(CN)C1. The fourth-order valence-corrected chi connectivity index (χ4v) is 6.16. The lowest BCUT2D eigenvalue weighted by Crippen LogP contribution is -2.62. The third-order valence-electron chi connectivity index (χ3n) is 6.71. The number of hydrogen-bond donors (Lipinski definition) is 1. The van der Waals surface area contributed by atoms with Crippen molar-refractivity contribution in [3.63, 3.8) is 0 Å². The Labute approximate surface area is 128 Å². The molecule has 5 aliphatic rings. The van der Waals surface area contributed by atoms with Gasteiger partial charge in [0.1, 0.15) is 0 Å². The van der Waals surface area contributed by atoms with Crippen LogP contribution in [0, 0.1) is 23.2 Å². The van der Waals surface area contributed by atoms with E-state index in [1.165, 1.54) is 38.5 Å². The first-order chi connectivity index (χ1) is 10.1. The summed E-state index contributed by atoms with van der Waals surface area (Å²) < 4.78 is 0. The summed E-state index contributed by atoms with van der Waals surface area (Å²) in [5, 5.41) is 0. The molecule has 0 spiro atoms. The first-order valence-corrected chi connectivity index (χ1v) is 8.79. The molecule has 1 saturated heterocycles. The first kappa shape index (κ1) is 14.0. The predicted octanol–water partition coefficient (Wildman–Crippen LogP) is 1.30. The van der Waals surface area contributed by atoms with Gasteiger partial charge in [0, 0.05) is 26.2 Å². The van der Waals surface area contributed by atoms with Gasteiger partial charge in [-0.25, -0.2) is 0 Å². The molecule has 1 atom stereocenters. The lowest BCUT2D eigenvalue weighted by atomic mass is 9.49. The van der Waals surface area contributed by atoms with Gasteiger partial charge < -0.3 is 15.5 Å². The van der Waals surface area contributed by atoms with Crippen LogP contribution in [0.15, 0.2) is 0 Å². The molecular weight excluding hydrogens is 262 g/mol. The van der Waals surface area contributed by atoms with Gasteiger partial charge >= 0.3 is 0 Å². The Bertz CT molecular complexity index is 400. The molecule has 0 radical (unpaired) electrons. The number of carbonyl (C=O) groups is 1. The van der Waals surface area contributed by atoms with Gasteiger partial charge in [0.2, 0.25) is 5.91 Å². The van der Waals surface area contributed by atoms with Gasteiger partial charge in [-0.05, 0) is 63.3 Å². The largest absolute Gasteiger partial charge is 0.335 e. The van der Waals surface area contributed by atoms with E-state index < -0.39 is 0 Å². The molecule has 118 valence electrons. The van der Waals surface area contributed by atoms with Crippen molar-refractivity contribution in [3.05, 3.63) is 0 Å². The van der Waals surface area contributed by atoms with Crippen molar-refractivity contribution in [1.29, 1.82) is 0 Å². The molecule has 4 heteroatoms. The van der Waals surface area contributed by atoms with Crippen molar-refractivity contribution in [2.45, 2.75) is 44.6 Å². The van der Waals surface area contributed by atoms with Crippen LogP contribution in [-0.2, 0) is 4.79 Å². The van der Waals surface area contributed by atoms with Gasteiger partial charge in [0.15, 0.2) is 0 Å². The van der Waals surface area contributed by atoms with Crippen LogP contribution >= 0.6 is 0 Å². The topological polar surface area (TPSA) is 49.6 Å². The molecule has 5 rings (SSSR count). The van der Waals surface area contributed by atoms with Gasteiger partial charge in [0.25, 0.3) is 0 Å². The van der Waals surface area contributed by atoms with Gasteiger partial charge in [-0.2, -0.15) is 0 Å². The summed E-state index contributed by atoms with van der Waals surface area (Å²) in [4.78, 5) is 17.8. The molecule has 4 aliphatic carbocycles. The Morgan fingerprint density at radius 1 is 1.10 bits per heavy atom. The molecule has 4 bridgehead atoms. The van der Waals surface area contributed by atoms with Crippen LogP contribution in [0.3, 0.4) is 0 Å². The lowest BCUT2D eigenvalue weighted by molar-refractivity contribution is -0.162. The normalized spacial score (nSPS) is 46.1. The van der Waals surface area contributed by atoms with E-state index in [0.29, 0.717) is 12.5 Å². The van der Waals surface area contributed by atoms with Crippen molar-refractivity contribution in [3.8, 4) is 0 Å². The van der Waals surface area contributed by atoms with Gasteiger partial charge in [-0.3, -0.25) is 4.79 Å². The summed E-state index contributed by atoms with van der Waals surface area (Å²) in [6.07, 6.45) is 7.70. The maximum atomic E-state index is 13.4. The number of hydrogen-bond acceptors (Lipinski definition) is 3. The molecule has 4 nitrogen and oxygen atoms in total. The molecule has 5 fully saturated rings. The maximum Gasteiger partial charge on any atom is 0.229 e. The van der Waals surface area contributed by atoms with Crippen LogP contribution in [0.25, 0.3) is 0 Å². The second kappa shape index (κ2) is 4.95. The van der Waals surface area contributed by atoms with Crippen LogP contribution in [-0.4, -0.2) is 55.0 Å². The Balaban J connectivity index is 1.56. The number of carbonyl (C=O) groups excluding carboxylic acids is 1. The molecular formula is C17H29N3O. The zero-order valence-electron chi connectivity index (χ0n) is 13.3. The highest BCUT2D eigenvalue weighted by molar-refractivity contribution is 5.83. The fourth-order valence-electron chi connectivity index (χ4n) is 6.16. The van der Waals surface area contributed by atoms with E-state index in [9.17, 15) is 4.79 Å². The highest BCUT2D eigenvalue weighted by atomic mass is 16.2. The van der Waals surface area contributed by atoms with Crippen LogP contribution in [0.5, 0.6) is 0 Å². The number of nitrogens with zero attached hydrogens (tertiary/aromatic N) is 2. The third kappa shape index (κ3) is 2.22. The van der Waals surface area contributed by atoms with Crippen LogP contribution in [0.1, 0.15) is 38.5 Å². The van der Waals surface area contributed by atoms with Crippen molar-refractivity contribution in [2.24, 2.45) is 28.9 Å². The average Bonchev–Trinajstić information content (AvgIpc) is 2.45. The van der Waals surface area contributed by atoms with E-state index in [-0.39, 0.29) is 11.5 Å². The minimum Gasteiger partial charge on any atom is -0.335 e. The van der Waals surface area contributed by atoms with Crippen LogP contribution in [0.4, 0.5) is 0 Å². The Morgan fingerprint density at radius 2 is 1.67 bits per heavy atom. The third-order valence-corrected chi connectivity index (χ3v) is 6.71. The first-order valence-electron chi connectivity index (χ1n) is 8.79. The summed E-state index contributed by atoms with van der Waals surface area (Å²) in [7, 11) is 2.13. The number of amides is 1. The second-order valence-corrected chi connectivity index (χ2v) is 8.35. The molecule has 4 saturated carbocycles. The minimum atomic E-state index is -0.00190. The van der Waals surface area contributed by atoms with Crippen molar-refractivity contribution in [2.75, 3.05) is 33.2 Å². The number of nitrogens with two attached hydrogens (primary N) is 1. The Kier molecular flexibility index (Phi) is 3.30. The van der Waals surface area contributed by atoms with E-state index in [1.807, 2.05) is 0 Å². The summed E-state index contributed by atoms with van der Waals surface area (Å²) in [5.74, 6) is 2.97. The summed E-state index contributed by atoms with van der Waals surface area (Å²) in [6, 6.07) is 0.226. The molecule has 1 aliphatic heterocycles. The average molecular weight is 291 g/mol. The summed E-state index contributed by atoms with van der Waals surface area (Å²) in [6.45, 7) is 3.41. The van der Waals surface area contributed by atoms with E-state index in [4.69, 9.17) is 5.73 Å². The zero-order chi connectivity index (χ0) is 14.6. The molecule has 0 aromatic carbocycles. The lowest BCUT2D eigenvalue weighted by Gasteiger charge is -2.57. The zero-order valence-corrected chi connectivity index (χ0v) is 13.3. The standard InChI is InChI=1S/C17H29N3O/c1-19-2-3-20(15(10-18)11-19)16(21)17-7-12-4-13(8-17)6-14(5-12)9-17/h12-15H,2-11,18H2,1H3. The minimum absolute atomic E-state index is 0.00190. The number of rotatable bonds is 2. The molecule has 1 amide bonds. The van der Waals surface area contributed by atoms with Crippen molar-refractivity contribution in [1.82, 2.24) is 9.80 Å². The van der Waals surface area contributed by atoms with Crippen LogP contribution in [0.2, 0.25) is 0 Å². The Morgan fingerprint density at radius 3 is 2.19 bits per heavy atom. The van der Waals surface area contributed by atoms with E-state index in [2.05, 4.69) is 16.8 Å². The van der Waals surface area contributed by atoms with Gasteiger partial charge in [-0.15, -0.1) is 0 Å². The predicted molar refractivity (Wildman–Crippen MR) is 82.7 cm³/mol. The number of piperazine rings is 1. The van der Waals surface area contributed by atoms with Gasteiger partial charge in [0.05, 0.1) is 11.5 Å². The highest BCUT2D eigenvalue weighted by Crippen LogP contribution is 2.60. The molecule has 1 unspecified atom stereocenters. The fraction of sp³-hybridized carbons (Fsp3) is 0.941. The Hall–Kier alpha value is -0.610. The van der Waals surface area contributed by atoms with E-state index >= 15 is 0 Å². The second-order valence-electron chi connectivity index (χ2n) is 8.35. The molecule has 2 N–H and O–H groups in total. The van der Waals surface area contributed by atoms with Crippen LogP contribution < -0.4 is 5.73 Å². The smallest absolute Gasteiger partial charge is 0.229 e. The highest BCUT2D eigenvalue weighted by Gasteiger charge is 2.56. The molecule has 0 aromatic rings. The monoisotopic (exact) mass is 291 g/mol. The summed E-state index contributed by atoms with van der Waals surface area (Å²) >= 11 is 0. The van der Waals surface area contributed by atoms with Gasteiger partial charge in [-0.1, -0.05) is 0 Å².